The van der Waals surface area contributed by atoms with E-state index in [0.29, 0.717) is 27.4 Å². The molecule has 0 fully saturated rings. The number of rotatable bonds is 6. The van der Waals surface area contributed by atoms with Crippen LogP contribution in [0.3, 0.4) is 0 Å². The van der Waals surface area contributed by atoms with E-state index >= 15 is 0 Å². The minimum absolute atomic E-state index is 0.452. The van der Waals surface area contributed by atoms with E-state index in [1.807, 2.05) is 24.3 Å². The molecular weight excluding hydrogens is 309 g/mol. The van der Waals surface area contributed by atoms with E-state index in [1.54, 1.807) is 13.2 Å². The summed E-state index contributed by atoms with van der Waals surface area (Å²) in [4.78, 5) is 4.44. The van der Waals surface area contributed by atoms with Crippen LogP contribution < -0.4 is 15.4 Å². The van der Waals surface area contributed by atoms with Crippen molar-refractivity contribution >= 4 is 40.5 Å². The second-order valence-electron chi connectivity index (χ2n) is 4.40. The molecule has 6 heteroatoms. The summed E-state index contributed by atoms with van der Waals surface area (Å²) in [5, 5.41) is 7.29. The van der Waals surface area contributed by atoms with Crippen LogP contribution in [0.5, 0.6) is 5.75 Å². The van der Waals surface area contributed by atoms with Gasteiger partial charge < -0.3 is 15.4 Å². The largest absolute Gasteiger partial charge is 0.495 e. The molecule has 0 radical (unpaired) electrons. The Labute approximate surface area is 134 Å². The van der Waals surface area contributed by atoms with Crippen molar-refractivity contribution < 1.29 is 4.74 Å². The fourth-order valence-corrected chi connectivity index (χ4v) is 2.27. The van der Waals surface area contributed by atoms with Gasteiger partial charge >= 0.3 is 0 Å². The molecule has 0 amide bonds. The molecule has 21 heavy (non-hydrogen) atoms. The van der Waals surface area contributed by atoms with Crippen molar-refractivity contribution in [2.75, 3.05) is 24.3 Å². The summed E-state index contributed by atoms with van der Waals surface area (Å²) in [6.45, 7) is 2.87. The standard InChI is InChI=1S/C15H17Cl2N3O/c1-3-8-18-14-10(16)9-11(17)15(20-14)19-12-6-4-5-7-13(12)21-2/h4-7,9H,3,8H2,1-2H3,(H2,18,19,20). The van der Waals surface area contributed by atoms with E-state index in [9.17, 15) is 0 Å². The fraction of sp³-hybridized carbons (Fsp3) is 0.267. The monoisotopic (exact) mass is 325 g/mol. The van der Waals surface area contributed by atoms with Gasteiger partial charge in [0.1, 0.15) is 11.6 Å². The Morgan fingerprint density at radius 1 is 1.14 bits per heavy atom. The average Bonchev–Trinajstić information content (AvgIpc) is 2.49. The molecule has 0 saturated heterocycles. The summed E-state index contributed by atoms with van der Waals surface area (Å²) in [6.07, 6.45) is 0.982. The van der Waals surface area contributed by atoms with Gasteiger partial charge in [0.15, 0.2) is 5.82 Å². The quantitative estimate of drug-likeness (QED) is 0.787. The predicted octanol–water partition coefficient (Wildman–Crippen LogP) is 4.96. The Kier molecular flexibility index (Phi) is 5.53. The smallest absolute Gasteiger partial charge is 0.151 e. The Morgan fingerprint density at radius 3 is 2.57 bits per heavy atom. The van der Waals surface area contributed by atoms with Crippen molar-refractivity contribution in [3.63, 3.8) is 0 Å². The summed E-state index contributed by atoms with van der Waals surface area (Å²) < 4.78 is 5.30. The number of ether oxygens (including phenoxy) is 1. The Balaban J connectivity index is 2.30. The molecule has 1 aromatic heterocycles. The third-order valence-electron chi connectivity index (χ3n) is 2.83. The van der Waals surface area contributed by atoms with Crippen LogP contribution in [0.2, 0.25) is 10.0 Å². The third kappa shape index (κ3) is 3.93. The lowest BCUT2D eigenvalue weighted by molar-refractivity contribution is 0.417. The number of anilines is 3. The molecule has 1 heterocycles. The number of benzene rings is 1. The van der Waals surface area contributed by atoms with Crippen LogP contribution in [0.4, 0.5) is 17.3 Å². The van der Waals surface area contributed by atoms with Crippen molar-refractivity contribution in [2.45, 2.75) is 13.3 Å². The van der Waals surface area contributed by atoms with Crippen LogP contribution in [0, 0.1) is 0 Å². The van der Waals surface area contributed by atoms with Gasteiger partial charge in [-0.15, -0.1) is 0 Å². The van der Waals surface area contributed by atoms with Gasteiger partial charge in [-0.3, -0.25) is 0 Å². The Bertz CT molecular complexity index is 620. The van der Waals surface area contributed by atoms with Crippen LogP contribution in [0.1, 0.15) is 13.3 Å². The van der Waals surface area contributed by atoms with Crippen LogP contribution in [-0.2, 0) is 0 Å². The number of nitrogens with one attached hydrogen (secondary N) is 2. The van der Waals surface area contributed by atoms with E-state index in [1.165, 1.54) is 0 Å². The Hall–Kier alpha value is -1.65. The maximum atomic E-state index is 6.20. The van der Waals surface area contributed by atoms with Gasteiger partial charge in [0.25, 0.3) is 0 Å². The summed E-state index contributed by atoms with van der Waals surface area (Å²) >= 11 is 12.3. The van der Waals surface area contributed by atoms with Crippen molar-refractivity contribution in [1.29, 1.82) is 0 Å². The number of halogens is 2. The van der Waals surface area contributed by atoms with Crippen molar-refractivity contribution in [3.8, 4) is 5.75 Å². The lowest BCUT2D eigenvalue weighted by Crippen LogP contribution is -2.05. The van der Waals surface area contributed by atoms with Gasteiger partial charge in [0, 0.05) is 6.54 Å². The molecule has 0 bridgehead atoms. The van der Waals surface area contributed by atoms with E-state index in [-0.39, 0.29) is 0 Å². The zero-order chi connectivity index (χ0) is 15.2. The Morgan fingerprint density at radius 2 is 1.86 bits per heavy atom. The van der Waals surface area contributed by atoms with Gasteiger partial charge in [0.2, 0.25) is 0 Å². The van der Waals surface area contributed by atoms with E-state index in [4.69, 9.17) is 27.9 Å². The van der Waals surface area contributed by atoms with Gasteiger partial charge in [-0.25, -0.2) is 4.98 Å². The van der Waals surface area contributed by atoms with Crippen LogP contribution in [0.15, 0.2) is 30.3 Å². The van der Waals surface area contributed by atoms with Gasteiger partial charge in [-0.2, -0.15) is 0 Å². The summed E-state index contributed by atoms with van der Waals surface area (Å²) in [5.74, 6) is 1.86. The highest BCUT2D eigenvalue weighted by Gasteiger charge is 2.11. The van der Waals surface area contributed by atoms with Gasteiger partial charge in [-0.1, -0.05) is 42.3 Å². The summed E-state index contributed by atoms with van der Waals surface area (Å²) in [5.41, 5.74) is 0.790. The third-order valence-corrected chi connectivity index (χ3v) is 3.41. The van der Waals surface area contributed by atoms with Crippen molar-refractivity contribution in [1.82, 2.24) is 4.98 Å². The molecule has 0 unspecified atom stereocenters. The minimum atomic E-state index is 0.452. The highest BCUT2D eigenvalue weighted by Crippen LogP contribution is 2.33. The number of hydrogen-bond donors (Lipinski definition) is 2. The maximum Gasteiger partial charge on any atom is 0.151 e. The first-order valence-electron chi connectivity index (χ1n) is 6.65. The second-order valence-corrected chi connectivity index (χ2v) is 5.22. The molecule has 112 valence electrons. The first-order valence-corrected chi connectivity index (χ1v) is 7.41. The highest BCUT2D eigenvalue weighted by molar-refractivity contribution is 6.37. The second kappa shape index (κ2) is 7.38. The lowest BCUT2D eigenvalue weighted by atomic mass is 10.3. The summed E-state index contributed by atoms with van der Waals surface area (Å²) in [7, 11) is 1.62. The fourth-order valence-electron chi connectivity index (χ4n) is 1.80. The van der Waals surface area contributed by atoms with E-state index in [0.717, 1.165) is 18.7 Å². The molecule has 0 saturated carbocycles. The van der Waals surface area contributed by atoms with E-state index in [2.05, 4.69) is 22.5 Å². The SMILES string of the molecule is CCCNc1nc(Nc2ccccc2OC)c(Cl)cc1Cl. The highest BCUT2D eigenvalue weighted by atomic mass is 35.5. The normalized spacial score (nSPS) is 10.3. The molecule has 0 aliphatic heterocycles. The zero-order valence-corrected chi connectivity index (χ0v) is 13.4. The molecule has 2 rings (SSSR count). The number of hydrogen-bond acceptors (Lipinski definition) is 4. The zero-order valence-electron chi connectivity index (χ0n) is 11.9. The average molecular weight is 326 g/mol. The topological polar surface area (TPSA) is 46.2 Å². The number of nitrogens with zero attached hydrogens (tertiary/aromatic N) is 1. The lowest BCUT2D eigenvalue weighted by Gasteiger charge is -2.14. The van der Waals surface area contributed by atoms with Crippen LogP contribution >= 0.6 is 23.2 Å². The number of para-hydroxylation sites is 2. The molecule has 0 atom stereocenters. The molecule has 2 N–H and O–H groups in total. The molecular formula is C15H17Cl2N3O. The summed E-state index contributed by atoms with van der Waals surface area (Å²) in [6, 6.07) is 9.24. The minimum Gasteiger partial charge on any atom is -0.495 e. The molecule has 0 spiro atoms. The predicted molar refractivity (Wildman–Crippen MR) is 89.3 cm³/mol. The number of pyridine rings is 1. The van der Waals surface area contributed by atoms with Gasteiger partial charge in [-0.05, 0) is 24.6 Å². The first-order chi connectivity index (χ1) is 10.2. The van der Waals surface area contributed by atoms with Crippen molar-refractivity contribution in [3.05, 3.63) is 40.4 Å². The molecule has 0 aliphatic carbocycles. The van der Waals surface area contributed by atoms with Crippen molar-refractivity contribution in [2.24, 2.45) is 0 Å². The molecule has 2 aromatic rings. The molecule has 0 aliphatic rings. The maximum absolute atomic E-state index is 6.20. The molecule has 1 aromatic carbocycles. The van der Waals surface area contributed by atoms with Crippen LogP contribution in [0.25, 0.3) is 0 Å². The van der Waals surface area contributed by atoms with E-state index < -0.39 is 0 Å². The number of aromatic nitrogens is 1. The van der Waals surface area contributed by atoms with Gasteiger partial charge in [0.05, 0.1) is 22.8 Å². The van der Waals surface area contributed by atoms with Crippen LogP contribution in [-0.4, -0.2) is 18.6 Å². The first kappa shape index (κ1) is 15.7. The number of methoxy groups -OCH3 is 1. The molecule has 4 nitrogen and oxygen atoms in total.